The maximum absolute atomic E-state index is 12.9. The van der Waals surface area contributed by atoms with Crippen molar-refractivity contribution in [2.45, 2.75) is 20.8 Å². The number of hydrogen-bond donors (Lipinski definition) is 0. The molecule has 0 atom stereocenters. The van der Waals surface area contributed by atoms with Gasteiger partial charge >= 0.3 is 0 Å². The molecule has 4 rings (SSSR count). The van der Waals surface area contributed by atoms with Gasteiger partial charge in [0.2, 0.25) is 4.96 Å². The molecule has 0 spiro atoms. The molecule has 160 valence electrons. The van der Waals surface area contributed by atoms with Gasteiger partial charge in [0.1, 0.15) is 5.75 Å². The highest BCUT2D eigenvalue weighted by Crippen LogP contribution is 2.29. The van der Waals surface area contributed by atoms with Crippen molar-refractivity contribution in [1.82, 2.24) is 14.6 Å². The molecule has 31 heavy (non-hydrogen) atoms. The molecule has 0 saturated carbocycles. The third kappa shape index (κ3) is 4.39. The Morgan fingerprint density at radius 2 is 1.65 bits per heavy atom. The molecule has 0 N–H and O–H groups in total. The Morgan fingerprint density at radius 3 is 2.32 bits per heavy atom. The van der Waals surface area contributed by atoms with E-state index in [2.05, 4.69) is 10.1 Å². The third-order valence-electron chi connectivity index (χ3n) is 4.47. The fourth-order valence-electron chi connectivity index (χ4n) is 3.13. The van der Waals surface area contributed by atoms with Crippen LogP contribution in [0.3, 0.4) is 0 Å². The lowest BCUT2D eigenvalue weighted by Gasteiger charge is -2.11. The summed E-state index contributed by atoms with van der Waals surface area (Å²) in [4.78, 5) is 17.9. The van der Waals surface area contributed by atoms with Gasteiger partial charge < -0.3 is 14.2 Å². The number of aromatic nitrogens is 3. The van der Waals surface area contributed by atoms with E-state index in [9.17, 15) is 4.79 Å². The first-order valence-electron chi connectivity index (χ1n) is 10.2. The van der Waals surface area contributed by atoms with Gasteiger partial charge in [-0.05, 0) is 68.8 Å². The lowest BCUT2D eigenvalue weighted by atomic mass is 10.2. The van der Waals surface area contributed by atoms with Gasteiger partial charge in [0.25, 0.3) is 5.56 Å². The Labute approximate surface area is 183 Å². The van der Waals surface area contributed by atoms with E-state index in [0.717, 1.165) is 16.9 Å². The minimum atomic E-state index is -0.198. The average Bonchev–Trinajstić information content (AvgIpc) is 3.31. The summed E-state index contributed by atoms with van der Waals surface area (Å²) in [5, 5.41) is 4.40. The predicted molar refractivity (Wildman–Crippen MR) is 121 cm³/mol. The number of benzene rings is 2. The summed E-state index contributed by atoms with van der Waals surface area (Å²) in [5.74, 6) is 2.64. The topological polar surface area (TPSA) is 75.0 Å². The van der Waals surface area contributed by atoms with E-state index in [-0.39, 0.29) is 5.56 Å². The zero-order valence-electron chi connectivity index (χ0n) is 17.6. The molecule has 0 aliphatic carbocycles. The van der Waals surface area contributed by atoms with Gasteiger partial charge in [-0.15, -0.1) is 5.10 Å². The summed E-state index contributed by atoms with van der Waals surface area (Å²) in [6.07, 6.45) is 1.82. The lowest BCUT2D eigenvalue weighted by Crippen LogP contribution is -2.23. The molecule has 0 unspecified atom stereocenters. The van der Waals surface area contributed by atoms with E-state index in [1.54, 1.807) is 0 Å². The molecule has 0 amide bonds. The first kappa shape index (κ1) is 20.9. The van der Waals surface area contributed by atoms with Crippen LogP contribution in [0, 0.1) is 0 Å². The van der Waals surface area contributed by atoms with E-state index < -0.39 is 0 Å². The minimum Gasteiger partial charge on any atom is -0.494 e. The minimum absolute atomic E-state index is 0.198. The van der Waals surface area contributed by atoms with Crippen LogP contribution in [0.1, 0.15) is 26.3 Å². The summed E-state index contributed by atoms with van der Waals surface area (Å²) in [5.41, 5.74) is 1.48. The number of thiazole rings is 1. The lowest BCUT2D eigenvalue weighted by molar-refractivity contribution is 0.287. The van der Waals surface area contributed by atoms with Crippen LogP contribution in [0.2, 0.25) is 0 Å². The number of rotatable bonds is 8. The molecular weight excluding hydrogens is 414 g/mol. The Bertz CT molecular complexity index is 1300. The van der Waals surface area contributed by atoms with Crippen LogP contribution in [0.4, 0.5) is 0 Å². The molecule has 2 heterocycles. The molecule has 7 nitrogen and oxygen atoms in total. The smallest absolute Gasteiger partial charge is 0.291 e. The Kier molecular flexibility index (Phi) is 6.18. The molecule has 2 aromatic carbocycles. The normalized spacial score (nSPS) is 11.8. The summed E-state index contributed by atoms with van der Waals surface area (Å²) in [6, 6.07) is 13.1. The molecule has 0 aliphatic heterocycles. The predicted octanol–water partition coefficient (Wildman–Crippen LogP) is 3.56. The van der Waals surface area contributed by atoms with E-state index in [1.807, 2.05) is 69.3 Å². The fourth-order valence-corrected chi connectivity index (χ4v) is 4.04. The highest BCUT2D eigenvalue weighted by Gasteiger charge is 2.13. The second-order valence-corrected chi connectivity index (χ2v) is 7.58. The van der Waals surface area contributed by atoms with E-state index in [1.165, 1.54) is 15.9 Å². The molecule has 8 heteroatoms. The molecule has 0 saturated heterocycles. The van der Waals surface area contributed by atoms with Gasteiger partial charge in [-0.25, -0.2) is 0 Å². The van der Waals surface area contributed by atoms with E-state index in [4.69, 9.17) is 14.2 Å². The van der Waals surface area contributed by atoms with Crippen LogP contribution in [-0.2, 0) is 0 Å². The molecule has 0 radical (unpaired) electrons. The van der Waals surface area contributed by atoms with Crippen molar-refractivity contribution in [2.75, 3.05) is 19.8 Å². The number of ether oxygens (including phenoxy) is 3. The van der Waals surface area contributed by atoms with Crippen molar-refractivity contribution in [3.05, 3.63) is 62.9 Å². The molecule has 0 bridgehead atoms. The monoisotopic (exact) mass is 437 g/mol. The first-order chi connectivity index (χ1) is 15.1. The summed E-state index contributed by atoms with van der Waals surface area (Å²) < 4.78 is 18.6. The first-order valence-corrected chi connectivity index (χ1v) is 11.0. The Morgan fingerprint density at radius 1 is 0.935 bits per heavy atom. The molecular formula is C23H23N3O4S. The van der Waals surface area contributed by atoms with Crippen molar-refractivity contribution in [1.29, 1.82) is 0 Å². The van der Waals surface area contributed by atoms with Crippen LogP contribution < -0.4 is 24.3 Å². The van der Waals surface area contributed by atoms with Gasteiger partial charge in [0, 0.05) is 5.56 Å². The standard InChI is InChI=1S/C23H23N3O4S/c1-4-28-17-10-8-16(9-11-17)21-24-23-26(25-21)22(27)20(31-23)14-15-7-12-18(29-5-2)19(13-15)30-6-3/h7-14H,4-6H2,1-3H3/b20-14+. The van der Waals surface area contributed by atoms with Crippen molar-refractivity contribution in [3.63, 3.8) is 0 Å². The number of fused-ring (bicyclic) bond motifs is 1. The Hall–Kier alpha value is -3.39. The van der Waals surface area contributed by atoms with Crippen molar-refractivity contribution in [2.24, 2.45) is 0 Å². The van der Waals surface area contributed by atoms with Gasteiger partial charge in [-0.1, -0.05) is 17.4 Å². The van der Waals surface area contributed by atoms with E-state index >= 15 is 0 Å². The SMILES string of the molecule is CCOc1ccc(-c2nc3s/c(=C/c4ccc(OCC)c(OCC)c4)c(=O)n3n2)cc1. The van der Waals surface area contributed by atoms with Crippen LogP contribution in [-0.4, -0.2) is 34.4 Å². The van der Waals surface area contributed by atoms with Crippen LogP contribution >= 0.6 is 11.3 Å². The molecule has 4 aromatic rings. The second-order valence-electron chi connectivity index (χ2n) is 6.58. The third-order valence-corrected chi connectivity index (χ3v) is 5.43. The van der Waals surface area contributed by atoms with Crippen LogP contribution in [0.25, 0.3) is 22.4 Å². The Balaban J connectivity index is 1.67. The average molecular weight is 438 g/mol. The summed E-state index contributed by atoms with van der Waals surface area (Å²) in [7, 11) is 0. The summed E-state index contributed by atoms with van der Waals surface area (Å²) >= 11 is 1.30. The zero-order chi connectivity index (χ0) is 21.8. The van der Waals surface area contributed by atoms with Crippen LogP contribution in [0.15, 0.2) is 47.3 Å². The van der Waals surface area contributed by atoms with Gasteiger partial charge in [-0.3, -0.25) is 4.79 Å². The molecule has 0 aliphatic rings. The van der Waals surface area contributed by atoms with Crippen molar-refractivity contribution >= 4 is 22.4 Å². The fraction of sp³-hybridized carbons (Fsp3) is 0.261. The second kappa shape index (κ2) is 9.18. The quantitative estimate of drug-likeness (QED) is 0.420. The highest BCUT2D eigenvalue weighted by atomic mass is 32.1. The highest BCUT2D eigenvalue weighted by molar-refractivity contribution is 7.15. The number of hydrogen-bond acceptors (Lipinski definition) is 7. The maximum Gasteiger partial charge on any atom is 0.291 e. The van der Waals surface area contributed by atoms with Gasteiger partial charge in [0.05, 0.1) is 24.4 Å². The summed E-state index contributed by atoms with van der Waals surface area (Å²) in [6.45, 7) is 7.48. The van der Waals surface area contributed by atoms with E-state index in [0.29, 0.717) is 46.6 Å². The number of nitrogens with zero attached hydrogens (tertiary/aromatic N) is 3. The maximum atomic E-state index is 12.9. The molecule has 0 fully saturated rings. The van der Waals surface area contributed by atoms with Crippen molar-refractivity contribution in [3.8, 4) is 28.6 Å². The zero-order valence-corrected chi connectivity index (χ0v) is 18.4. The van der Waals surface area contributed by atoms with Gasteiger partial charge in [0.15, 0.2) is 17.3 Å². The van der Waals surface area contributed by atoms with Crippen molar-refractivity contribution < 1.29 is 14.2 Å². The van der Waals surface area contributed by atoms with Gasteiger partial charge in [-0.2, -0.15) is 9.50 Å². The molecule has 2 aromatic heterocycles. The largest absolute Gasteiger partial charge is 0.494 e. The van der Waals surface area contributed by atoms with Crippen LogP contribution in [0.5, 0.6) is 17.2 Å².